The van der Waals surface area contributed by atoms with Crippen LogP contribution < -0.4 is 0 Å². The minimum atomic E-state index is -0.322. The van der Waals surface area contributed by atoms with Crippen molar-refractivity contribution in [3.63, 3.8) is 0 Å². The van der Waals surface area contributed by atoms with Crippen LogP contribution in [0, 0.1) is 17.1 Å². The monoisotopic (exact) mass is 178 g/mol. The van der Waals surface area contributed by atoms with Crippen molar-refractivity contribution < 1.29 is 4.39 Å². The van der Waals surface area contributed by atoms with Crippen LogP contribution >= 0.6 is 11.5 Å². The molecule has 0 aliphatic carbocycles. The van der Waals surface area contributed by atoms with Crippen molar-refractivity contribution in [1.29, 1.82) is 5.26 Å². The molecule has 0 aliphatic rings. The van der Waals surface area contributed by atoms with Gasteiger partial charge in [-0.3, -0.25) is 0 Å². The topological polar surface area (TPSA) is 36.7 Å². The highest BCUT2D eigenvalue weighted by Gasteiger charge is 2.06. The van der Waals surface area contributed by atoms with Gasteiger partial charge in [-0.05, 0) is 23.7 Å². The van der Waals surface area contributed by atoms with E-state index in [9.17, 15) is 4.39 Å². The molecule has 0 aliphatic heterocycles. The van der Waals surface area contributed by atoms with Gasteiger partial charge >= 0.3 is 0 Å². The van der Waals surface area contributed by atoms with E-state index in [2.05, 4.69) is 4.37 Å². The lowest BCUT2D eigenvalue weighted by Gasteiger charge is -1.91. The minimum absolute atomic E-state index is 0.322. The Morgan fingerprint density at radius 2 is 2.33 bits per heavy atom. The minimum Gasteiger partial charge on any atom is -0.206 e. The van der Waals surface area contributed by atoms with Crippen molar-refractivity contribution in [2.24, 2.45) is 0 Å². The Labute approximate surface area is 72.0 Å². The van der Waals surface area contributed by atoms with Gasteiger partial charge < -0.3 is 0 Å². The summed E-state index contributed by atoms with van der Waals surface area (Å²) < 4.78 is 17.4. The lowest BCUT2D eigenvalue weighted by atomic mass is 10.2. The SMILES string of the molecule is N#Cc1ccc(F)c2cnsc12. The zero-order valence-corrected chi connectivity index (χ0v) is 6.73. The Morgan fingerprint density at radius 1 is 1.50 bits per heavy atom. The van der Waals surface area contributed by atoms with Gasteiger partial charge in [0.1, 0.15) is 11.9 Å². The first-order valence-corrected chi connectivity index (χ1v) is 4.03. The summed E-state index contributed by atoms with van der Waals surface area (Å²) in [6.07, 6.45) is 1.44. The lowest BCUT2D eigenvalue weighted by molar-refractivity contribution is 0.640. The van der Waals surface area contributed by atoms with E-state index in [1.165, 1.54) is 18.3 Å². The fraction of sp³-hybridized carbons (Fsp3) is 0. The van der Waals surface area contributed by atoms with Crippen LogP contribution in [0.25, 0.3) is 10.1 Å². The van der Waals surface area contributed by atoms with Crippen LogP contribution in [0.5, 0.6) is 0 Å². The highest BCUT2D eigenvalue weighted by molar-refractivity contribution is 7.13. The number of hydrogen-bond donors (Lipinski definition) is 0. The average molecular weight is 178 g/mol. The second kappa shape index (κ2) is 2.54. The van der Waals surface area contributed by atoms with Crippen molar-refractivity contribution in [3.05, 3.63) is 29.7 Å². The Bertz CT molecular complexity index is 469. The van der Waals surface area contributed by atoms with Gasteiger partial charge in [0.2, 0.25) is 0 Å². The van der Waals surface area contributed by atoms with Gasteiger partial charge in [-0.15, -0.1) is 0 Å². The molecule has 1 aromatic carbocycles. The molecule has 0 saturated heterocycles. The van der Waals surface area contributed by atoms with Gasteiger partial charge in [0.05, 0.1) is 16.5 Å². The van der Waals surface area contributed by atoms with Crippen LogP contribution in [0.1, 0.15) is 5.56 Å². The summed E-state index contributed by atoms with van der Waals surface area (Å²) in [5.41, 5.74) is 0.480. The van der Waals surface area contributed by atoms with Crippen molar-refractivity contribution in [2.75, 3.05) is 0 Å². The quantitative estimate of drug-likeness (QED) is 0.620. The number of nitriles is 1. The van der Waals surface area contributed by atoms with Crippen LogP contribution in [0.2, 0.25) is 0 Å². The van der Waals surface area contributed by atoms with E-state index in [1.54, 1.807) is 0 Å². The van der Waals surface area contributed by atoms with Gasteiger partial charge in [0.25, 0.3) is 0 Å². The molecular formula is C8H3FN2S. The normalized spacial score (nSPS) is 10.0. The third-order valence-electron chi connectivity index (χ3n) is 1.59. The highest BCUT2D eigenvalue weighted by atomic mass is 32.1. The first kappa shape index (κ1) is 7.19. The number of hydrogen-bond acceptors (Lipinski definition) is 3. The molecule has 0 atom stereocenters. The van der Waals surface area contributed by atoms with Crippen molar-refractivity contribution in [2.45, 2.75) is 0 Å². The number of nitrogens with zero attached hydrogens (tertiary/aromatic N) is 2. The van der Waals surface area contributed by atoms with E-state index in [4.69, 9.17) is 5.26 Å². The molecule has 58 valence electrons. The van der Waals surface area contributed by atoms with Gasteiger partial charge in [0.15, 0.2) is 0 Å². The summed E-state index contributed by atoms with van der Waals surface area (Å²) in [6.45, 7) is 0. The predicted molar refractivity (Wildman–Crippen MR) is 44.3 cm³/mol. The summed E-state index contributed by atoms with van der Waals surface area (Å²) in [5.74, 6) is -0.322. The molecule has 2 rings (SSSR count). The molecule has 0 N–H and O–H groups in total. The standard InChI is InChI=1S/C8H3FN2S/c9-7-2-1-5(3-10)8-6(7)4-11-12-8/h1-2,4H. The molecular weight excluding hydrogens is 175 g/mol. The highest BCUT2D eigenvalue weighted by Crippen LogP contribution is 2.24. The first-order valence-electron chi connectivity index (χ1n) is 3.26. The molecule has 12 heavy (non-hydrogen) atoms. The van der Waals surface area contributed by atoms with Crippen LogP contribution in [0.4, 0.5) is 4.39 Å². The molecule has 4 heteroatoms. The zero-order valence-electron chi connectivity index (χ0n) is 5.91. The molecule has 0 unspecified atom stereocenters. The Balaban J connectivity index is 2.94. The van der Waals surface area contributed by atoms with Crippen LogP contribution in [0.15, 0.2) is 18.3 Å². The Hall–Kier alpha value is -1.47. The lowest BCUT2D eigenvalue weighted by Crippen LogP contribution is -1.78. The number of benzene rings is 1. The maximum Gasteiger partial charge on any atom is 0.133 e. The number of aromatic nitrogens is 1. The summed E-state index contributed by atoms with van der Waals surface area (Å²) in [4.78, 5) is 0. The van der Waals surface area contributed by atoms with Gasteiger partial charge in [-0.1, -0.05) is 0 Å². The van der Waals surface area contributed by atoms with Gasteiger partial charge in [0, 0.05) is 5.39 Å². The summed E-state index contributed by atoms with van der Waals surface area (Å²) in [6, 6.07) is 4.74. The maximum atomic E-state index is 13.0. The largest absolute Gasteiger partial charge is 0.206 e. The number of fused-ring (bicyclic) bond motifs is 1. The number of rotatable bonds is 0. The smallest absolute Gasteiger partial charge is 0.133 e. The van der Waals surface area contributed by atoms with E-state index < -0.39 is 0 Å². The Morgan fingerprint density at radius 3 is 3.08 bits per heavy atom. The Kier molecular flexibility index (Phi) is 1.52. The number of halogens is 1. The zero-order chi connectivity index (χ0) is 8.55. The summed E-state index contributed by atoms with van der Waals surface area (Å²) in [5, 5.41) is 9.08. The van der Waals surface area contributed by atoms with E-state index >= 15 is 0 Å². The second-order valence-electron chi connectivity index (χ2n) is 2.28. The third kappa shape index (κ3) is 0.874. The fourth-order valence-electron chi connectivity index (χ4n) is 1.01. The average Bonchev–Trinajstić information content (AvgIpc) is 2.54. The van der Waals surface area contributed by atoms with Crippen LogP contribution in [-0.4, -0.2) is 4.37 Å². The van der Waals surface area contributed by atoms with Crippen LogP contribution in [-0.2, 0) is 0 Å². The van der Waals surface area contributed by atoms with Gasteiger partial charge in [-0.2, -0.15) is 9.64 Å². The summed E-state index contributed by atoms with van der Waals surface area (Å²) >= 11 is 1.14. The first-order chi connectivity index (χ1) is 5.83. The predicted octanol–water partition coefficient (Wildman–Crippen LogP) is 2.31. The fourth-order valence-corrected chi connectivity index (χ4v) is 1.74. The van der Waals surface area contributed by atoms with Crippen molar-refractivity contribution in [1.82, 2.24) is 4.37 Å². The van der Waals surface area contributed by atoms with Gasteiger partial charge in [-0.25, -0.2) is 4.39 Å². The molecule has 0 saturated carbocycles. The molecule has 0 amide bonds. The van der Waals surface area contributed by atoms with Crippen molar-refractivity contribution in [3.8, 4) is 6.07 Å². The van der Waals surface area contributed by atoms with E-state index in [0.717, 1.165) is 11.5 Å². The molecule has 0 bridgehead atoms. The second-order valence-corrected chi connectivity index (χ2v) is 3.08. The third-order valence-corrected chi connectivity index (χ3v) is 2.42. The van der Waals surface area contributed by atoms with Crippen LogP contribution in [0.3, 0.4) is 0 Å². The summed E-state index contributed by atoms with van der Waals surface area (Å²) in [7, 11) is 0. The van der Waals surface area contributed by atoms with Crippen molar-refractivity contribution >= 4 is 21.6 Å². The molecule has 0 radical (unpaired) electrons. The van der Waals surface area contributed by atoms with E-state index in [1.807, 2.05) is 6.07 Å². The maximum absolute atomic E-state index is 13.0. The molecule has 2 aromatic rings. The molecule has 2 nitrogen and oxygen atoms in total. The molecule has 1 aromatic heterocycles. The molecule has 0 fully saturated rings. The van der Waals surface area contributed by atoms with E-state index in [0.29, 0.717) is 15.6 Å². The molecule has 0 spiro atoms. The van der Waals surface area contributed by atoms with E-state index in [-0.39, 0.29) is 5.82 Å². The molecule has 1 heterocycles.